The molecule has 2 saturated heterocycles. The largest absolute Gasteiger partial charge is 0.341 e. The molecule has 1 spiro atoms. The van der Waals surface area contributed by atoms with E-state index in [1.165, 1.54) is 11.3 Å². The van der Waals surface area contributed by atoms with Crippen molar-refractivity contribution in [2.45, 2.75) is 26.2 Å². The van der Waals surface area contributed by atoms with Crippen LogP contribution in [0.15, 0.2) is 5.38 Å². The fourth-order valence-corrected chi connectivity index (χ4v) is 3.47. The Hall–Kier alpha value is -1.76. The van der Waals surface area contributed by atoms with Gasteiger partial charge < -0.3 is 4.90 Å². The predicted octanol–water partition coefficient (Wildman–Crippen LogP) is 0.259. The first-order chi connectivity index (χ1) is 9.48. The second-order valence-corrected chi connectivity index (χ2v) is 6.50. The molecule has 0 aliphatic carbocycles. The molecule has 1 aromatic rings. The molecule has 0 saturated carbocycles. The molecule has 3 heterocycles. The summed E-state index contributed by atoms with van der Waals surface area (Å²) in [6, 6.07) is 0. The van der Waals surface area contributed by atoms with Crippen molar-refractivity contribution in [3.05, 3.63) is 16.1 Å². The molecule has 1 atom stereocenters. The van der Waals surface area contributed by atoms with Crippen LogP contribution in [0.25, 0.3) is 0 Å². The van der Waals surface area contributed by atoms with Gasteiger partial charge in [-0.25, -0.2) is 4.98 Å². The van der Waals surface area contributed by atoms with Gasteiger partial charge in [0.1, 0.15) is 0 Å². The van der Waals surface area contributed by atoms with Crippen LogP contribution in [0.3, 0.4) is 0 Å². The van der Waals surface area contributed by atoms with E-state index in [4.69, 9.17) is 0 Å². The summed E-state index contributed by atoms with van der Waals surface area (Å²) >= 11 is 1.52. The first kappa shape index (κ1) is 13.2. The highest BCUT2D eigenvalue weighted by molar-refractivity contribution is 7.09. The van der Waals surface area contributed by atoms with E-state index in [1.54, 1.807) is 4.90 Å². The van der Waals surface area contributed by atoms with Crippen molar-refractivity contribution in [2.24, 2.45) is 5.41 Å². The SMILES string of the molecule is Cc1nc(CC(=O)N2CC[C@@]3(CC(=O)NC3=O)C2)cs1. The van der Waals surface area contributed by atoms with Gasteiger partial charge in [0.2, 0.25) is 17.7 Å². The van der Waals surface area contributed by atoms with Crippen molar-refractivity contribution < 1.29 is 14.4 Å². The number of imide groups is 1. The van der Waals surface area contributed by atoms with E-state index in [0.717, 1.165) is 10.7 Å². The molecule has 2 aliphatic heterocycles. The van der Waals surface area contributed by atoms with Gasteiger partial charge in [-0.15, -0.1) is 11.3 Å². The maximum absolute atomic E-state index is 12.2. The van der Waals surface area contributed by atoms with Crippen LogP contribution in [-0.4, -0.2) is 40.7 Å². The smallest absolute Gasteiger partial charge is 0.235 e. The molecule has 1 aromatic heterocycles. The summed E-state index contributed by atoms with van der Waals surface area (Å²) in [6.45, 7) is 2.77. The summed E-state index contributed by atoms with van der Waals surface area (Å²) in [7, 11) is 0. The summed E-state index contributed by atoms with van der Waals surface area (Å²) in [6.07, 6.45) is 1.02. The van der Waals surface area contributed by atoms with E-state index in [1.807, 2.05) is 12.3 Å². The fourth-order valence-electron chi connectivity index (χ4n) is 2.86. The van der Waals surface area contributed by atoms with Gasteiger partial charge in [-0.1, -0.05) is 0 Å². The Morgan fingerprint density at radius 3 is 2.95 bits per heavy atom. The predicted molar refractivity (Wildman–Crippen MR) is 72.0 cm³/mol. The molecule has 7 heteroatoms. The molecule has 20 heavy (non-hydrogen) atoms. The fraction of sp³-hybridized carbons (Fsp3) is 0.538. The number of nitrogens with one attached hydrogen (secondary N) is 1. The third kappa shape index (κ3) is 2.22. The molecule has 0 radical (unpaired) electrons. The lowest BCUT2D eigenvalue weighted by molar-refractivity contribution is -0.131. The Balaban J connectivity index is 1.66. The lowest BCUT2D eigenvalue weighted by Gasteiger charge is -2.20. The molecular weight excluding hydrogens is 278 g/mol. The van der Waals surface area contributed by atoms with Gasteiger partial charge in [-0.3, -0.25) is 19.7 Å². The van der Waals surface area contributed by atoms with Crippen LogP contribution < -0.4 is 5.32 Å². The van der Waals surface area contributed by atoms with E-state index >= 15 is 0 Å². The Labute approximate surface area is 120 Å². The second-order valence-electron chi connectivity index (χ2n) is 5.43. The molecule has 6 nitrogen and oxygen atoms in total. The van der Waals surface area contributed by atoms with Gasteiger partial charge in [-0.2, -0.15) is 0 Å². The van der Waals surface area contributed by atoms with Crippen molar-refractivity contribution in [1.82, 2.24) is 15.2 Å². The molecule has 2 aliphatic rings. The van der Waals surface area contributed by atoms with Crippen molar-refractivity contribution >= 4 is 29.1 Å². The van der Waals surface area contributed by atoms with Crippen molar-refractivity contribution in [2.75, 3.05) is 13.1 Å². The molecule has 106 valence electrons. The van der Waals surface area contributed by atoms with Crippen LogP contribution in [-0.2, 0) is 20.8 Å². The van der Waals surface area contributed by atoms with Gasteiger partial charge >= 0.3 is 0 Å². The number of hydrogen-bond acceptors (Lipinski definition) is 5. The Kier molecular flexibility index (Phi) is 3.08. The number of nitrogens with zero attached hydrogens (tertiary/aromatic N) is 2. The first-order valence-electron chi connectivity index (χ1n) is 6.52. The molecule has 2 fully saturated rings. The van der Waals surface area contributed by atoms with Crippen LogP contribution in [0.1, 0.15) is 23.5 Å². The average Bonchev–Trinajstić information content (AvgIpc) is 3.03. The maximum Gasteiger partial charge on any atom is 0.235 e. The minimum absolute atomic E-state index is 0.0284. The van der Waals surface area contributed by atoms with Gasteiger partial charge in [0, 0.05) is 24.9 Å². The molecule has 3 amide bonds. The zero-order valence-corrected chi connectivity index (χ0v) is 12.0. The minimum Gasteiger partial charge on any atom is -0.341 e. The van der Waals surface area contributed by atoms with E-state index < -0.39 is 5.41 Å². The number of carbonyl (C=O) groups is 3. The highest BCUT2D eigenvalue weighted by Crippen LogP contribution is 2.37. The van der Waals surface area contributed by atoms with Crippen molar-refractivity contribution in [1.29, 1.82) is 0 Å². The number of aryl methyl sites for hydroxylation is 1. The first-order valence-corrected chi connectivity index (χ1v) is 7.40. The van der Waals surface area contributed by atoms with Crippen molar-refractivity contribution in [3.8, 4) is 0 Å². The number of carbonyl (C=O) groups excluding carboxylic acids is 3. The summed E-state index contributed by atoms with van der Waals surface area (Å²) in [5, 5.41) is 5.15. The van der Waals surface area contributed by atoms with Gasteiger partial charge in [-0.05, 0) is 13.3 Å². The summed E-state index contributed by atoms with van der Waals surface area (Å²) in [5.41, 5.74) is 0.0791. The molecule has 0 aromatic carbocycles. The number of hydrogen-bond donors (Lipinski definition) is 1. The Morgan fingerprint density at radius 2 is 2.35 bits per heavy atom. The van der Waals surface area contributed by atoms with Crippen LogP contribution in [0.4, 0.5) is 0 Å². The summed E-state index contributed by atoms with van der Waals surface area (Å²) < 4.78 is 0. The lowest BCUT2D eigenvalue weighted by Crippen LogP contribution is -2.37. The topological polar surface area (TPSA) is 79.4 Å². The van der Waals surface area contributed by atoms with Crippen LogP contribution in [0.2, 0.25) is 0 Å². The third-order valence-corrected chi connectivity index (χ3v) is 4.76. The second kappa shape index (κ2) is 4.66. The molecule has 3 rings (SSSR count). The van der Waals surface area contributed by atoms with Crippen LogP contribution in [0.5, 0.6) is 0 Å². The van der Waals surface area contributed by atoms with Crippen LogP contribution >= 0.6 is 11.3 Å². The van der Waals surface area contributed by atoms with Gasteiger partial charge in [0.15, 0.2) is 0 Å². The number of aromatic nitrogens is 1. The minimum atomic E-state index is -0.690. The average molecular weight is 293 g/mol. The Morgan fingerprint density at radius 1 is 1.55 bits per heavy atom. The van der Waals surface area contributed by atoms with E-state index in [9.17, 15) is 14.4 Å². The number of rotatable bonds is 2. The zero-order chi connectivity index (χ0) is 14.3. The highest BCUT2D eigenvalue weighted by atomic mass is 32.1. The quantitative estimate of drug-likeness (QED) is 0.793. The van der Waals surface area contributed by atoms with Crippen molar-refractivity contribution in [3.63, 3.8) is 0 Å². The standard InChI is InChI=1S/C13H15N3O3S/c1-8-14-9(6-20-8)4-11(18)16-3-2-13(7-16)5-10(17)15-12(13)19/h6H,2-5,7H2,1H3,(H,15,17,19)/t13-/m1/s1. The van der Waals surface area contributed by atoms with Crippen LogP contribution in [0, 0.1) is 12.3 Å². The number of thiazole rings is 1. The number of amides is 3. The van der Waals surface area contributed by atoms with Gasteiger partial charge in [0.05, 0.1) is 22.5 Å². The number of likely N-dealkylation sites (tertiary alicyclic amines) is 1. The Bertz CT molecular complexity index is 597. The maximum atomic E-state index is 12.2. The molecule has 0 unspecified atom stereocenters. The van der Waals surface area contributed by atoms with E-state index in [-0.39, 0.29) is 30.6 Å². The molecular formula is C13H15N3O3S. The van der Waals surface area contributed by atoms with Gasteiger partial charge in [0.25, 0.3) is 0 Å². The van der Waals surface area contributed by atoms with E-state index in [2.05, 4.69) is 10.3 Å². The molecule has 0 bridgehead atoms. The summed E-state index contributed by atoms with van der Waals surface area (Å²) in [4.78, 5) is 41.4. The normalized spacial score (nSPS) is 25.6. The highest BCUT2D eigenvalue weighted by Gasteiger charge is 2.51. The van der Waals surface area contributed by atoms with E-state index in [0.29, 0.717) is 19.5 Å². The third-order valence-electron chi connectivity index (χ3n) is 3.94. The summed E-state index contributed by atoms with van der Waals surface area (Å²) in [5.74, 6) is -0.499. The zero-order valence-electron chi connectivity index (χ0n) is 11.1. The monoisotopic (exact) mass is 293 g/mol. The molecule has 1 N–H and O–H groups in total. The lowest BCUT2D eigenvalue weighted by atomic mass is 9.85.